The van der Waals surface area contributed by atoms with Crippen LogP contribution in [0.15, 0.2) is 42.5 Å². The summed E-state index contributed by atoms with van der Waals surface area (Å²) < 4.78 is 5.16. The average molecular weight is 508 g/mol. The van der Waals surface area contributed by atoms with E-state index in [-0.39, 0.29) is 21.4 Å². The molecule has 1 unspecified atom stereocenters. The van der Waals surface area contributed by atoms with E-state index < -0.39 is 28.0 Å². The van der Waals surface area contributed by atoms with Gasteiger partial charge in [0.05, 0.1) is 5.54 Å². The molecule has 0 heterocycles. The van der Waals surface area contributed by atoms with E-state index in [0.29, 0.717) is 5.02 Å². The standard InChI is InChI=1S/C19H15BrCl3NO4/c1-19(2,24-17(26)10-7-12(22)9-13(23)8-10)16(25)15(20)18(27)28-14-5-3-11(21)4-6-14/h3-9,15H,1-2H3,(H,24,26). The van der Waals surface area contributed by atoms with E-state index in [1.807, 2.05) is 0 Å². The zero-order valence-electron chi connectivity index (χ0n) is 14.8. The van der Waals surface area contributed by atoms with Crippen LogP contribution in [-0.4, -0.2) is 28.0 Å². The molecular weight excluding hydrogens is 492 g/mol. The van der Waals surface area contributed by atoms with E-state index in [1.54, 1.807) is 12.1 Å². The molecular formula is C19H15BrCl3NO4. The molecule has 0 spiro atoms. The second-order valence-corrected chi connectivity index (χ2v) is 8.56. The van der Waals surface area contributed by atoms with E-state index in [0.717, 1.165) is 0 Å². The zero-order valence-corrected chi connectivity index (χ0v) is 18.6. The Labute approximate surface area is 185 Å². The van der Waals surface area contributed by atoms with Gasteiger partial charge in [0, 0.05) is 20.6 Å². The number of carbonyl (C=O) groups is 3. The molecule has 0 aliphatic heterocycles. The first-order chi connectivity index (χ1) is 13.0. The first-order valence-electron chi connectivity index (χ1n) is 7.94. The minimum atomic E-state index is -1.38. The fraction of sp³-hybridized carbons (Fsp3) is 0.211. The van der Waals surface area contributed by atoms with Crippen molar-refractivity contribution in [3.63, 3.8) is 0 Å². The summed E-state index contributed by atoms with van der Waals surface area (Å²) in [6.45, 7) is 2.95. The highest BCUT2D eigenvalue weighted by Gasteiger charge is 2.38. The summed E-state index contributed by atoms with van der Waals surface area (Å²) >= 11 is 20.6. The summed E-state index contributed by atoms with van der Waals surface area (Å²) in [4.78, 5) is 36.1. The van der Waals surface area contributed by atoms with Crippen LogP contribution < -0.4 is 10.1 Å². The van der Waals surface area contributed by atoms with Crippen molar-refractivity contribution < 1.29 is 19.1 Å². The van der Waals surface area contributed by atoms with Crippen LogP contribution in [-0.2, 0) is 9.59 Å². The van der Waals surface area contributed by atoms with Crippen LogP contribution in [0.1, 0.15) is 24.2 Å². The van der Waals surface area contributed by atoms with Crippen molar-refractivity contribution in [2.75, 3.05) is 0 Å². The zero-order chi connectivity index (χ0) is 21.1. The lowest BCUT2D eigenvalue weighted by Gasteiger charge is -2.26. The third-order valence-electron chi connectivity index (χ3n) is 3.64. The largest absolute Gasteiger partial charge is 0.425 e. The predicted octanol–water partition coefficient (Wildman–Crippen LogP) is 5.09. The smallest absolute Gasteiger partial charge is 0.332 e. The SMILES string of the molecule is CC(C)(NC(=O)c1cc(Cl)cc(Cl)c1)C(=O)C(Br)C(=O)Oc1ccc(Cl)cc1. The molecule has 28 heavy (non-hydrogen) atoms. The van der Waals surface area contributed by atoms with Crippen LogP contribution in [0.2, 0.25) is 15.1 Å². The van der Waals surface area contributed by atoms with Crippen molar-refractivity contribution in [2.24, 2.45) is 0 Å². The fourth-order valence-corrected chi connectivity index (χ4v) is 3.51. The molecule has 9 heteroatoms. The highest BCUT2D eigenvalue weighted by atomic mass is 79.9. The molecule has 0 saturated heterocycles. The number of benzene rings is 2. The van der Waals surface area contributed by atoms with Crippen LogP contribution in [0.3, 0.4) is 0 Å². The lowest BCUT2D eigenvalue weighted by molar-refractivity contribution is -0.138. The van der Waals surface area contributed by atoms with Gasteiger partial charge in [0.15, 0.2) is 10.6 Å². The number of Topliss-reactive ketones (excluding diaryl/α,β-unsaturated/α-hetero) is 1. The molecule has 0 radical (unpaired) electrons. The molecule has 0 saturated carbocycles. The minimum Gasteiger partial charge on any atom is -0.425 e. The van der Waals surface area contributed by atoms with Gasteiger partial charge in [0.2, 0.25) is 0 Å². The van der Waals surface area contributed by atoms with Gasteiger partial charge in [-0.25, -0.2) is 4.79 Å². The topological polar surface area (TPSA) is 72.5 Å². The molecule has 0 bridgehead atoms. The van der Waals surface area contributed by atoms with Crippen LogP contribution in [0.4, 0.5) is 0 Å². The molecule has 5 nitrogen and oxygen atoms in total. The van der Waals surface area contributed by atoms with Crippen LogP contribution in [0, 0.1) is 0 Å². The number of alkyl halides is 1. The highest BCUT2D eigenvalue weighted by molar-refractivity contribution is 9.10. The van der Waals surface area contributed by atoms with Gasteiger partial charge >= 0.3 is 5.97 Å². The average Bonchev–Trinajstić information content (AvgIpc) is 2.61. The molecule has 148 valence electrons. The molecule has 2 rings (SSSR count). The number of amides is 1. The number of carbonyl (C=O) groups excluding carboxylic acids is 3. The number of halogens is 4. The first kappa shape index (κ1) is 22.7. The van der Waals surface area contributed by atoms with Crippen LogP contribution in [0.5, 0.6) is 5.75 Å². The lowest BCUT2D eigenvalue weighted by atomic mass is 9.96. The molecule has 0 aliphatic rings. The fourth-order valence-electron chi connectivity index (χ4n) is 2.20. The summed E-state index contributed by atoms with van der Waals surface area (Å²) in [6.07, 6.45) is 0. The maximum absolute atomic E-state index is 12.7. The van der Waals surface area contributed by atoms with Crippen molar-refractivity contribution in [3.05, 3.63) is 63.1 Å². The number of hydrogen-bond acceptors (Lipinski definition) is 4. The summed E-state index contributed by atoms with van der Waals surface area (Å²) in [7, 11) is 0. The second kappa shape index (κ2) is 9.27. The third kappa shape index (κ3) is 5.95. The van der Waals surface area contributed by atoms with Gasteiger partial charge < -0.3 is 10.1 Å². The Morgan fingerprint density at radius 2 is 1.50 bits per heavy atom. The number of nitrogens with one attached hydrogen (secondary N) is 1. The first-order valence-corrected chi connectivity index (χ1v) is 9.99. The Morgan fingerprint density at radius 3 is 2.04 bits per heavy atom. The third-order valence-corrected chi connectivity index (χ3v) is 5.11. The van der Waals surface area contributed by atoms with E-state index in [2.05, 4.69) is 21.2 Å². The summed E-state index contributed by atoms with van der Waals surface area (Å²) in [5, 5.41) is 3.62. The Bertz CT molecular complexity index is 896. The monoisotopic (exact) mass is 505 g/mol. The van der Waals surface area contributed by atoms with Gasteiger partial charge in [0.25, 0.3) is 5.91 Å². The number of hydrogen-bond donors (Lipinski definition) is 1. The van der Waals surface area contributed by atoms with Gasteiger partial charge in [-0.1, -0.05) is 50.7 Å². The van der Waals surface area contributed by atoms with Crippen molar-refractivity contribution in [3.8, 4) is 5.75 Å². The molecule has 2 aromatic carbocycles. The van der Waals surface area contributed by atoms with E-state index in [4.69, 9.17) is 39.5 Å². The number of rotatable bonds is 6. The van der Waals surface area contributed by atoms with Crippen LogP contribution in [0.25, 0.3) is 0 Å². The Morgan fingerprint density at radius 1 is 0.964 bits per heavy atom. The maximum atomic E-state index is 12.7. The predicted molar refractivity (Wildman–Crippen MR) is 113 cm³/mol. The van der Waals surface area contributed by atoms with E-state index >= 15 is 0 Å². The van der Waals surface area contributed by atoms with Gasteiger partial charge in [-0.3, -0.25) is 9.59 Å². The van der Waals surface area contributed by atoms with Gasteiger partial charge in [-0.2, -0.15) is 0 Å². The number of esters is 1. The Balaban J connectivity index is 2.08. The van der Waals surface area contributed by atoms with Crippen LogP contribution >= 0.6 is 50.7 Å². The molecule has 1 N–H and O–H groups in total. The van der Waals surface area contributed by atoms with E-state index in [9.17, 15) is 14.4 Å². The number of ether oxygens (including phenoxy) is 1. The van der Waals surface area contributed by atoms with Crippen molar-refractivity contribution >= 4 is 68.4 Å². The molecule has 1 amide bonds. The lowest BCUT2D eigenvalue weighted by Crippen LogP contribution is -2.54. The van der Waals surface area contributed by atoms with Gasteiger partial charge in [-0.05, 0) is 56.3 Å². The highest BCUT2D eigenvalue weighted by Crippen LogP contribution is 2.22. The molecule has 0 aliphatic carbocycles. The molecule has 1 atom stereocenters. The van der Waals surface area contributed by atoms with Crippen molar-refractivity contribution in [1.29, 1.82) is 0 Å². The minimum absolute atomic E-state index is 0.188. The van der Waals surface area contributed by atoms with Gasteiger partial charge in [-0.15, -0.1) is 0 Å². The second-order valence-electron chi connectivity index (χ2n) is 6.34. The number of ketones is 1. The molecule has 2 aromatic rings. The van der Waals surface area contributed by atoms with Crippen molar-refractivity contribution in [2.45, 2.75) is 24.2 Å². The molecule has 0 aromatic heterocycles. The summed E-state index contributed by atoms with van der Waals surface area (Å²) in [5.74, 6) is -1.73. The Hall–Kier alpha value is -1.60. The van der Waals surface area contributed by atoms with Crippen molar-refractivity contribution in [1.82, 2.24) is 5.32 Å². The quantitative estimate of drug-likeness (QED) is 0.256. The Kier molecular flexibility index (Phi) is 7.51. The molecule has 0 fully saturated rings. The normalized spacial score (nSPS) is 12.2. The van der Waals surface area contributed by atoms with Gasteiger partial charge in [0.1, 0.15) is 5.75 Å². The summed E-state index contributed by atoms with van der Waals surface area (Å²) in [6, 6.07) is 10.4. The maximum Gasteiger partial charge on any atom is 0.332 e. The van der Waals surface area contributed by atoms with E-state index in [1.165, 1.54) is 44.2 Å². The summed E-state index contributed by atoms with van der Waals surface area (Å²) in [5.41, 5.74) is -1.19.